The molecule has 1 N–H and O–H groups in total. The Labute approximate surface area is 94.6 Å². The summed E-state index contributed by atoms with van der Waals surface area (Å²) in [7, 11) is 0. The fourth-order valence-electron chi connectivity index (χ4n) is 1.21. The van der Waals surface area contributed by atoms with Crippen molar-refractivity contribution in [3.8, 4) is 12.3 Å². The first kappa shape index (κ1) is 11.6. The van der Waals surface area contributed by atoms with Gasteiger partial charge in [0.1, 0.15) is 5.88 Å². The van der Waals surface area contributed by atoms with Crippen LogP contribution in [0.2, 0.25) is 0 Å². The normalized spacial score (nSPS) is 9.33. The van der Waals surface area contributed by atoms with E-state index in [-0.39, 0.29) is 11.8 Å². The molecule has 0 bridgehead atoms. The number of rotatable bonds is 4. The third-order valence-corrected chi connectivity index (χ3v) is 2.19. The molecule has 1 rings (SSSR count). The van der Waals surface area contributed by atoms with Crippen molar-refractivity contribution >= 4 is 17.5 Å². The summed E-state index contributed by atoms with van der Waals surface area (Å²) in [5.74, 6) is 2.43. The Morgan fingerprint density at radius 3 is 3.00 bits per heavy atom. The van der Waals surface area contributed by atoms with Gasteiger partial charge in [0.05, 0.1) is 0 Å². The number of benzene rings is 1. The molecule has 2 nitrogen and oxygen atoms in total. The first-order valence-corrected chi connectivity index (χ1v) is 5.18. The van der Waals surface area contributed by atoms with Gasteiger partial charge >= 0.3 is 0 Å². The zero-order valence-corrected chi connectivity index (χ0v) is 9.05. The molecule has 0 atom stereocenters. The van der Waals surface area contributed by atoms with Crippen LogP contribution in [0.25, 0.3) is 0 Å². The van der Waals surface area contributed by atoms with Gasteiger partial charge < -0.3 is 5.32 Å². The molecule has 3 heteroatoms. The maximum absolute atomic E-state index is 10.8. The fraction of sp³-hybridized carbons (Fsp3) is 0.250. The molecule has 0 radical (unpaired) electrons. The van der Waals surface area contributed by atoms with Crippen LogP contribution in [0.3, 0.4) is 0 Å². The van der Waals surface area contributed by atoms with Crippen molar-refractivity contribution in [2.45, 2.75) is 6.42 Å². The molecule has 0 aliphatic heterocycles. The van der Waals surface area contributed by atoms with Gasteiger partial charge in [0.2, 0.25) is 5.91 Å². The Morgan fingerprint density at radius 1 is 1.53 bits per heavy atom. The summed E-state index contributed by atoms with van der Waals surface area (Å²) in [5, 5.41) is 2.70. The van der Waals surface area contributed by atoms with E-state index in [1.54, 1.807) is 0 Å². The second kappa shape index (κ2) is 6.10. The number of hydrogen-bond acceptors (Lipinski definition) is 1. The minimum Gasteiger partial charge on any atom is -0.355 e. The number of terminal acetylenes is 1. The van der Waals surface area contributed by atoms with Crippen molar-refractivity contribution in [2.24, 2.45) is 0 Å². The van der Waals surface area contributed by atoms with Crippen molar-refractivity contribution in [3.05, 3.63) is 35.4 Å². The van der Waals surface area contributed by atoms with Gasteiger partial charge in [0, 0.05) is 12.1 Å². The van der Waals surface area contributed by atoms with Gasteiger partial charge in [-0.2, -0.15) is 0 Å². The Hall–Kier alpha value is -1.46. The molecule has 0 saturated carbocycles. The molecule has 0 aliphatic carbocycles. The smallest absolute Gasteiger partial charge is 0.234 e. The molecule has 1 aromatic carbocycles. The van der Waals surface area contributed by atoms with Gasteiger partial charge in [-0.3, -0.25) is 4.79 Å². The largest absolute Gasteiger partial charge is 0.355 e. The van der Waals surface area contributed by atoms with Gasteiger partial charge in [-0.25, -0.2) is 0 Å². The fourth-order valence-corrected chi connectivity index (χ4v) is 1.30. The lowest BCUT2D eigenvalue weighted by Crippen LogP contribution is -2.26. The number of carbonyl (C=O) groups is 1. The van der Waals surface area contributed by atoms with E-state index in [1.165, 1.54) is 0 Å². The van der Waals surface area contributed by atoms with Crippen LogP contribution in [0.15, 0.2) is 24.3 Å². The highest BCUT2D eigenvalue weighted by atomic mass is 35.5. The summed E-state index contributed by atoms with van der Waals surface area (Å²) in [6, 6.07) is 7.70. The molecule has 15 heavy (non-hydrogen) atoms. The number of alkyl halides is 1. The van der Waals surface area contributed by atoms with Crippen LogP contribution in [-0.4, -0.2) is 18.3 Å². The van der Waals surface area contributed by atoms with Crippen molar-refractivity contribution in [1.29, 1.82) is 0 Å². The van der Waals surface area contributed by atoms with Crippen molar-refractivity contribution in [2.75, 3.05) is 12.4 Å². The quantitative estimate of drug-likeness (QED) is 0.607. The van der Waals surface area contributed by atoms with Crippen LogP contribution in [0, 0.1) is 12.3 Å². The summed E-state index contributed by atoms with van der Waals surface area (Å²) < 4.78 is 0. The van der Waals surface area contributed by atoms with Crippen molar-refractivity contribution in [1.82, 2.24) is 5.32 Å². The van der Waals surface area contributed by atoms with Crippen molar-refractivity contribution < 1.29 is 4.79 Å². The topological polar surface area (TPSA) is 29.1 Å². The molecular formula is C12H12ClNO. The Morgan fingerprint density at radius 2 is 2.33 bits per heavy atom. The second-order valence-electron chi connectivity index (χ2n) is 3.08. The van der Waals surface area contributed by atoms with E-state index in [1.807, 2.05) is 24.3 Å². The molecule has 1 amide bonds. The summed E-state index contributed by atoms with van der Waals surface area (Å²) >= 11 is 5.34. The number of amides is 1. The van der Waals surface area contributed by atoms with Gasteiger partial charge in [-0.1, -0.05) is 18.1 Å². The van der Waals surface area contributed by atoms with Crippen LogP contribution in [0.1, 0.15) is 11.1 Å². The summed E-state index contributed by atoms with van der Waals surface area (Å²) in [6.07, 6.45) is 6.04. The lowest BCUT2D eigenvalue weighted by Gasteiger charge is -2.03. The van der Waals surface area contributed by atoms with E-state index in [0.717, 1.165) is 17.5 Å². The Kier molecular flexibility index (Phi) is 4.73. The minimum absolute atomic E-state index is 0.00436. The molecule has 0 saturated heterocycles. The number of halogens is 1. The zero-order valence-electron chi connectivity index (χ0n) is 8.29. The molecule has 0 aliphatic rings. The lowest BCUT2D eigenvalue weighted by molar-refractivity contribution is -0.118. The molecule has 0 fully saturated rings. The first-order valence-electron chi connectivity index (χ1n) is 4.64. The third kappa shape index (κ3) is 4.05. The highest BCUT2D eigenvalue weighted by molar-refractivity contribution is 6.27. The van der Waals surface area contributed by atoms with Gasteiger partial charge in [0.25, 0.3) is 0 Å². The Balaban J connectivity index is 2.44. The lowest BCUT2D eigenvalue weighted by atomic mass is 10.1. The maximum atomic E-state index is 10.8. The highest BCUT2D eigenvalue weighted by Gasteiger charge is 1.98. The van der Waals surface area contributed by atoms with E-state index < -0.39 is 0 Å². The standard InChI is InChI=1S/C12H12ClNO/c1-2-10-4-3-5-11(8-10)6-7-14-12(15)9-13/h1,3-5,8H,6-7,9H2,(H,14,15). The summed E-state index contributed by atoms with van der Waals surface area (Å²) in [6.45, 7) is 0.583. The zero-order chi connectivity index (χ0) is 11.1. The summed E-state index contributed by atoms with van der Waals surface area (Å²) in [4.78, 5) is 10.8. The highest BCUT2D eigenvalue weighted by Crippen LogP contribution is 2.04. The SMILES string of the molecule is C#Cc1cccc(CCNC(=O)CCl)c1. The van der Waals surface area contributed by atoms with Crippen molar-refractivity contribution in [3.63, 3.8) is 0 Å². The maximum Gasteiger partial charge on any atom is 0.234 e. The summed E-state index contributed by atoms with van der Waals surface area (Å²) in [5.41, 5.74) is 1.97. The van der Waals surface area contributed by atoms with E-state index in [4.69, 9.17) is 18.0 Å². The molecule has 1 aromatic rings. The Bertz CT molecular complexity index is 381. The van der Waals surface area contributed by atoms with E-state index in [0.29, 0.717) is 6.54 Å². The van der Waals surface area contributed by atoms with Crippen LogP contribution in [-0.2, 0) is 11.2 Å². The van der Waals surface area contributed by atoms with Crippen LogP contribution >= 0.6 is 11.6 Å². The first-order chi connectivity index (χ1) is 7.26. The molecule has 0 unspecified atom stereocenters. The van der Waals surface area contributed by atoms with Crippen LogP contribution < -0.4 is 5.32 Å². The van der Waals surface area contributed by atoms with Gasteiger partial charge in [-0.05, 0) is 24.1 Å². The minimum atomic E-state index is -0.148. The second-order valence-corrected chi connectivity index (χ2v) is 3.35. The van der Waals surface area contributed by atoms with Gasteiger partial charge in [-0.15, -0.1) is 18.0 Å². The van der Waals surface area contributed by atoms with Gasteiger partial charge in [0.15, 0.2) is 0 Å². The van der Waals surface area contributed by atoms with E-state index >= 15 is 0 Å². The number of carbonyl (C=O) groups excluding carboxylic acids is 1. The molecular weight excluding hydrogens is 210 g/mol. The number of nitrogens with one attached hydrogen (secondary N) is 1. The van der Waals surface area contributed by atoms with E-state index in [9.17, 15) is 4.79 Å². The predicted molar refractivity (Wildman–Crippen MR) is 61.8 cm³/mol. The molecule has 78 valence electrons. The molecule has 0 spiro atoms. The van der Waals surface area contributed by atoms with E-state index in [2.05, 4.69) is 11.2 Å². The molecule has 0 aromatic heterocycles. The average Bonchev–Trinajstić information content (AvgIpc) is 2.29. The van der Waals surface area contributed by atoms with Crippen LogP contribution in [0.5, 0.6) is 0 Å². The van der Waals surface area contributed by atoms with Crippen LogP contribution in [0.4, 0.5) is 0 Å². The molecule has 0 heterocycles. The third-order valence-electron chi connectivity index (χ3n) is 1.95. The average molecular weight is 222 g/mol. The predicted octanol–water partition coefficient (Wildman–Crippen LogP) is 1.57. The monoisotopic (exact) mass is 221 g/mol. The number of hydrogen-bond donors (Lipinski definition) is 1.